The van der Waals surface area contributed by atoms with Gasteiger partial charge in [0.2, 0.25) is 0 Å². The molecule has 2 atom stereocenters. The molecule has 0 aliphatic heterocycles. The number of hydrogen-bond donors (Lipinski definition) is 1. The lowest BCUT2D eigenvalue weighted by Crippen LogP contribution is -2.32. The summed E-state index contributed by atoms with van der Waals surface area (Å²) in [6.45, 7) is 7.27. The molecule has 1 rings (SSSR count). The van der Waals surface area contributed by atoms with E-state index in [-0.39, 0.29) is 6.61 Å². The van der Waals surface area contributed by atoms with Crippen molar-refractivity contribution in [1.29, 1.82) is 0 Å². The topological polar surface area (TPSA) is 20.2 Å². The Morgan fingerprint density at radius 2 is 2.13 bits per heavy atom. The van der Waals surface area contributed by atoms with Crippen LogP contribution in [0, 0.1) is 17.3 Å². The molecule has 1 saturated carbocycles. The minimum absolute atomic E-state index is 0.184. The Balaban J connectivity index is 2.64. The van der Waals surface area contributed by atoms with Gasteiger partial charge >= 0.3 is 0 Å². The molecule has 2 unspecified atom stereocenters. The predicted octanol–water partition coefficient (Wildman–Crippen LogP) is 3.78. The van der Waals surface area contributed by atoms with E-state index >= 15 is 0 Å². The van der Waals surface area contributed by atoms with Crippen LogP contribution in [0.5, 0.6) is 0 Å². The lowest BCUT2D eigenvalue weighted by atomic mass is 9.62. The summed E-state index contributed by atoms with van der Waals surface area (Å²) in [6, 6.07) is 0. The Bertz CT molecular complexity index is 207. The third-order valence-electron chi connectivity index (χ3n) is 4.15. The van der Waals surface area contributed by atoms with Gasteiger partial charge in [0, 0.05) is 0 Å². The predicted molar refractivity (Wildman–Crippen MR) is 65.7 cm³/mol. The molecule has 0 spiro atoms. The number of hydrogen-bond acceptors (Lipinski definition) is 1. The molecule has 0 aromatic heterocycles. The Labute approximate surface area is 94.6 Å². The van der Waals surface area contributed by atoms with Gasteiger partial charge in [-0.3, -0.25) is 0 Å². The first-order valence-corrected chi connectivity index (χ1v) is 6.36. The van der Waals surface area contributed by atoms with Crippen LogP contribution in [-0.2, 0) is 0 Å². The third-order valence-corrected chi connectivity index (χ3v) is 4.15. The molecule has 1 heteroatoms. The quantitative estimate of drug-likeness (QED) is 0.700. The van der Waals surface area contributed by atoms with Gasteiger partial charge in [0.1, 0.15) is 0 Å². The molecule has 1 aliphatic carbocycles. The maximum absolute atomic E-state index is 8.78. The first-order valence-electron chi connectivity index (χ1n) is 6.36. The molecule has 0 amide bonds. The van der Waals surface area contributed by atoms with Crippen molar-refractivity contribution in [2.45, 2.75) is 52.9 Å². The Morgan fingerprint density at radius 1 is 1.40 bits per heavy atom. The molecular weight excluding hydrogens is 184 g/mol. The monoisotopic (exact) mass is 210 g/mol. The van der Waals surface area contributed by atoms with Crippen molar-refractivity contribution >= 4 is 0 Å². The molecule has 1 nitrogen and oxygen atoms in total. The molecule has 0 bridgehead atoms. The fraction of sp³-hybridized carbons (Fsp3) is 0.857. The molecule has 1 N–H and O–H groups in total. The van der Waals surface area contributed by atoms with Gasteiger partial charge in [-0.05, 0) is 36.5 Å². The van der Waals surface area contributed by atoms with Crippen LogP contribution in [0.3, 0.4) is 0 Å². The number of aliphatic hydroxyl groups excluding tert-OH is 1. The fourth-order valence-corrected chi connectivity index (χ4v) is 3.04. The van der Waals surface area contributed by atoms with Crippen molar-refractivity contribution < 1.29 is 5.11 Å². The Kier molecular flexibility index (Phi) is 4.85. The number of allylic oxidation sites excluding steroid dienone is 1. The van der Waals surface area contributed by atoms with Crippen LogP contribution in [0.1, 0.15) is 52.9 Å². The van der Waals surface area contributed by atoms with Gasteiger partial charge in [0.25, 0.3) is 0 Å². The molecule has 0 heterocycles. The molecule has 88 valence electrons. The highest BCUT2D eigenvalue weighted by molar-refractivity contribution is 4.95. The fourth-order valence-electron chi connectivity index (χ4n) is 3.04. The maximum Gasteiger partial charge on any atom is 0.0612 e. The van der Waals surface area contributed by atoms with E-state index in [1.807, 2.05) is 6.08 Å². The van der Waals surface area contributed by atoms with Crippen LogP contribution in [0.15, 0.2) is 12.2 Å². The van der Waals surface area contributed by atoms with Gasteiger partial charge in [-0.2, -0.15) is 0 Å². The Morgan fingerprint density at radius 3 is 2.67 bits per heavy atom. The second kappa shape index (κ2) is 5.69. The second-order valence-electron chi connectivity index (χ2n) is 5.58. The summed E-state index contributed by atoms with van der Waals surface area (Å²) in [6.07, 6.45) is 10.7. The summed E-state index contributed by atoms with van der Waals surface area (Å²) >= 11 is 0. The standard InChI is InChI=1S/C14H26O/c1-12(2)14(8-4-5-10-15)9-6-7-13(3)11-14/h4-5,12-13,15H,6-11H2,1-3H3. The van der Waals surface area contributed by atoms with Crippen LogP contribution in [0.25, 0.3) is 0 Å². The zero-order valence-electron chi connectivity index (χ0n) is 10.5. The minimum Gasteiger partial charge on any atom is -0.392 e. The van der Waals surface area contributed by atoms with Crippen LogP contribution >= 0.6 is 0 Å². The molecular formula is C14H26O. The molecule has 0 aromatic carbocycles. The minimum atomic E-state index is 0.184. The van der Waals surface area contributed by atoms with E-state index in [1.54, 1.807) is 0 Å². The smallest absolute Gasteiger partial charge is 0.0612 e. The maximum atomic E-state index is 8.78. The lowest BCUT2D eigenvalue weighted by molar-refractivity contribution is 0.0896. The number of rotatable bonds is 4. The highest BCUT2D eigenvalue weighted by atomic mass is 16.2. The van der Waals surface area contributed by atoms with Crippen molar-refractivity contribution in [3.63, 3.8) is 0 Å². The third kappa shape index (κ3) is 3.34. The van der Waals surface area contributed by atoms with Crippen LogP contribution in [0.4, 0.5) is 0 Å². The summed E-state index contributed by atoms with van der Waals surface area (Å²) in [7, 11) is 0. The van der Waals surface area contributed by atoms with E-state index in [1.165, 1.54) is 25.7 Å². The van der Waals surface area contributed by atoms with Crippen molar-refractivity contribution in [1.82, 2.24) is 0 Å². The van der Waals surface area contributed by atoms with E-state index in [2.05, 4.69) is 26.8 Å². The van der Waals surface area contributed by atoms with E-state index in [9.17, 15) is 0 Å². The summed E-state index contributed by atoms with van der Waals surface area (Å²) in [5.74, 6) is 1.63. The molecule has 0 saturated heterocycles. The molecule has 15 heavy (non-hydrogen) atoms. The van der Waals surface area contributed by atoms with E-state index in [4.69, 9.17) is 5.11 Å². The van der Waals surface area contributed by atoms with E-state index < -0.39 is 0 Å². The Hall–Kier alpha value is -0.300. The zero-order valence-corrected chi connectivity index (χ0v) is 10.5. The van der Waals surface area contributed by atoms with Crippen molar-refractivity contribution in [2.75, 3.05) is 6.61 Å². The van der Waals surface area contributed by atoms with Gasteiger partial charge in [0.05, 0.1) is 6.61 Å². The molecule has 1 aliphatic rings. The summed E-state index contributed by atoms with van der Waals surface area (Å²) in [5, 5.41) is 8.78. The SMILES string of the molecule is CC1CCCC(CC=CCO)(C(C)C)C1. The van der Waals surface area contributed by atoms with E-state index in [0.717, 1.165) is 18.3 Å². The van der Waals surface area contributed by atoms with Gasteiger partial charge in [-0.15, -0.1) is 0 Å². The largest absolute Gasteiger partial charge is 0.392 e. The molecule has 0 aromatic rings. The highest BCUT2D eigenvalue weighted by Crippen LogP contribution is 2.47. The highest BCUT2D eigenvalue weighted by Gasteiger charge is 2.36. The number of aliphatic hydroxyl groups is 1. The normalized spacial score (nSPS) is 32.7. The van der Waals surface area contributed by atoms with Gasteiger partial charge in [0.15, 0.2) is 0 Å². The molecule has 0 radical (unpaired) electrons. The van der Waals surface area contributed by atoms with Crippen LogP contribution in [-0.4, -0.2) is 11.7 Å². The average molecular weight is 210 g/mol. The summed E-state index contributed by atoms with van der Waals surface area (Å²) in [4.78, 5) is 0. The van der Waals surface area contributed by atoms with Crippen molar-refractivity contribution in [3.05, 3.63) is 12.2 Å². The zero-order chi connectivity index (χ0) is 11.3. The summed E-state index contributed by atoms with van der Waals surface area (Å²) < 4.78 is 0. The first-order chi connectivity index (χ1) is 7.10. The lowest BCUT2D eigenvalue weighted by Gasteiger charge is -2.43. The summed E-state index contributed by atoms with van der Waals surface area (Å²) in [5.41, 5.74) is 0.503. The molecule has 1 fully saturated rings. The van der Waals surface area contributed by atoms with Gasteiger partial charge in [-0.1, -0.05) is 45.8 Å². The van der Waals surface area contributed by atoms with Gasteiger partial charge in [-0.25, -0.2) is 0 Å². The van der Waals surface area contributed by atoms with E-state index in [0.29, 0.717) is 5.41 Å². The van der Waals surface area contributed by atoms with Crippen molar-refractivity contribution in [2.24, 2.45) is 17.3 Å². The van der Waals surface area contributed by atoms with Crippen LogP contribution in [0.2, 0.25) is 0 Å². The van der Waals surface area contributed by atoms with Crippen LogP contribution < -0.4 is 0 Å². The van der Waals surface area contributed by atoms with Crippen molar-refractivity contribution in [3.8, 4) is 0 Å². The second-order valence-corrected chi connectivity index (χ2v) is 5.58. The first kappa shape index (κ1) is 12.8. The van der Waals surface area contributed by atoms with Gasteiger partial charge < -0.3 is 5.11 Å². The average Bonchev–Trinajstić information content (AvgIpc) is 2.18.